The third kappa shape index (κ3) is 2.01. The van der Waals surface area contributed by atoms with Gasteiger partial charge in [-0.15, -0.1) is 0 Å². The summed E-state index contributed by atoms with van der Waals surface area (Å²) in [5, 5.41) is 12.1. The second kappa shape index (κ2) is 4.18. The van der Waals surface area contributed by atoms with Crippen molar-refractivity contribution < 1.29 is 0 Å². The first-order valence-electron chi connectivity index (χ1n) is 5.22. The molecular formula is C11H14N4. The number of anilines is 2. The lowest BCUT2D eigenvalue weighted by molar-refractivity contribution is 0.751. The van der Waals surface area contributed by atoms with Crippen molar-refractivity contribution in [1.82, 2.24) is 4.98 Å². The van der Waals surface area contributed by atoms with Gasteiger partial charge >= 0.3 is 0 Å². The van der Waals surface area contributed by atoms with Crippen LogP contribution >= 0.6 is 0 Å². The Morgan fingerprint density at radius 1 is 1.47 bits per heavy atom. The van der Waals surface area contributed by atoms with Crippen molar-refractivity contribution >= 4 is 11.5 Å². The SMILES string of the molecule is N#Cc1ccnc(NC2CCCC2)c1N. The monoisotopic (exact) mass is 202 g/mol. The first kappa shape index (κ1) is 9.78. The average Bonchev–Trinajstić information content (AvgIpc) is 2.74. The van der Waals surface area contributed by atoms with Crippen molar-refractivity contribution in [2.75, 3.05) is 11.1 Å². The van der Waals surface area contributed by atoms with Crippen LogP contribution in [0.25, 0.3) is 0 Å². The third-order valence-corrected chi connectivity index (χ3v) is 2.81. The molecule has 1 aromatic rings. The first-order chi connectivity index (χ1) is 7.31. The van der Waals surface area contributed by atoms with Gasteiger partial charge in [0.1, 0.15) is 6.07 Å². The van der Waals surface area contributed by atoms with Crippen LogP contribution in [0.5, 0.6) is 0 Å². The van der Waals surface area contributed by atoms with Gasteiger partial charge in [0.05, 0.1) is 11.3 Å². The van der Waals surface area contributed by atoms with Crippen molar-refractivity contribution in [3.63, 3.8) is 0 Å². The van der Waals surface area contributed by atoms with E-state index in [1.165, 1.54) is 12.8 Å². The van der Waals surface area contributed by atoms with Gasteiger partial charge in [0.15, 0.2) is 5.82 Å². The summed E-state index contributed by atoms with van der Waals surface area (Å²) in [5.41, 5.74) is 6.78. The number of nitrogens with one attached hydrogen (secondary N) is 1. The van der Waals surface area contributed by atoms with Gasteiger partial charge < -0.3 is 11.1 Å². The number of aromatic nitrogens is 1. The molecule has 4 heteroatoms. The van der Waals surface area contributed by atoms with Crippen LogP contribution in [-0.4, -0.2) is 11.0 Å². The Kier molecular flexibility index (Phi) is 2.72. The molecule has 0 aliphatic heterocycles. The van der Waals surface area contributed by atoms with Crippen LogP contribution in [0.1, 0.15) is 31.2 Å². The largest absolute Gasteiger partial charge is 0.395 e. The van der Waals surface area contributed by atoms with Crippen LogP contribution in [0.15, 0.2) is 12.3 Å². The van der Waals surface area contributed by atoms with Crippen LogP contribution < -0.4 is 11.1 Å². The molecule has 1 heterocycles. The fourth-order valence-electron chi connectivity index (χ4n) is 1.95. The summed E-state index contributed by atoms with van der Waals surface area (Å²) in [4.78, 5) is 4.16. The van der Waals surface area contributed by atoms with Gasteiger partial charge in [-0.05, 0) is 18.9 Å². The summed E-state index contributed by atoms with van der Waals surface area (Å²) in [7, 11) is 0. The summed E-state index contributed by atoms with van der Waals surface area (Å²) in [6.07, 6.45) is 6.47. The summed E-state index contributed by atoms with van der Waals surface area (Å²) in [6, 6.07) is 4.16. The second-order valence-electron chi connectivity index (χ2n) is 3.86. The van der Waals surface area contributed by atoms with Crippen LogP contribution in [0.2, 0.25) is 0 Å². The highest BCUT2D eigenvalue weighted by Crippen LogP contribution is 2.25. The predicted molar refractivity (Wildman–Crippen MR) is 59.2 cm³/mol. The van der Waals surface area contributed by atoms with Gasteiger partial charge in [0, 0.05) is 12.2 Å². The quantitative estimate of drug-likeness (QED) is 0.768. The first-order valence-corrected chi connectivity index (χ1v) is 5.22. The van der Waals surface area contributed by atoms with Crippen molar-refractivity contribution in [2.24, 2.45) is 0 Å². The van der Waals surface area contributed by atoms with Crippen LogP contribution in [0.4, 0.5) is 11.5 Å². The van der Waals surface area contributed by atoms with Crippen molar-refractivity contribution in [2.45, 2.75) is 31.7 Å². The molecule has 0 atom stereocenters. The minimum Gasteiger partial charge on any atom is -0.395 e. The number of nitriles is 1. The van der Waals surface area contributed by atoms with Gasteiger partial charge in [-0.3, -0.25) is 0 Å². The Labute approximate surface area is 89.1 Å². The highest BCUT2D eigenvalue weighted by molar-refractivity contribution is 5.69. The van der Waals surface area contributed by atoms with Gasteiger partial charge in [-0.1, -0.05) is 12.8 Å². The van der Waals surface area contributed by atoms with Gasteiger partial charge in [-0.2, -0.15) is 5.26 Å². The maximum atomic E-state index is 8.82. The minimum atomic E-state index is 0.465. The van der Waals surface area contributed by atoms with Crippen LogP contribution in [-0.2, 0) is 0 Å². The number of rotatable bonds is 2. The molecule has 1 aliphatic rings. The summed E-state index contributed by atoms with van der Waals surface area (Å²) in [5.74, 6) is 0.654. The Morgan fingerprint density at radius 3 is 2.87 bits per heavy atom. The van der Waals surface area contributed by atoms with Crippen molar-refractivity contribution in [3.8, 4) is 6.07 Å². The number of hydrogen-bond acceptors (Lipinski definition) is 4. The molecule has 1 fully saturated rings. The maximum Gasteiger partial charge on any atom is 0.150 e. The number of nitrogen functional groups attached to an aromatic ring is 1. The molecule has 0 bridgehead atoms. The zero-order chi connectivity index (χ0) is 10.7. The lowest BCUT2D eigenvalue weighted by atomic mass is 10.2. The average molecular weight is 202 g/mol. The molecule has 2 rings (SSSR count). The molecule has 0 spiro atoms. The smallest absolute Gasteiger partial charge is 0.150 e. The van der Waals surface area contributed by atoms with E-state index in [-0.39, 0.29) is 0 Å². The molecule has 4 nitrogen and oxygen atoms in total. The van der Waals surface area contributed by atoms with E-state index in [9.17, 15) is 0 Å². The molecule has 1 aliphatic carbocycles. The molecule has 0 aromatic carbocycles. The predicted octanol–water partition coefficient (Wildman–Crippen LogP) is 1.89. The lowest BCUT2D eigenvalue weighted by Crippen LogP contribution is -2.17. The Bertz CT molecular complexity index is 388. The van der Waals surface area contributed by atoms with E-state index >= 15 is 0 Å². The molecule has 0 unspecified atom stereocenters. The van der Waals surface area contributed by atoms with Crippen molar-refractivity contribution in [3.05, 3.63) is 17.8 Å². The van der Waals surface area contributed by atoms with Crippen LogP contribution in [0.3, 0.4) is 0 Å². The lowest BCUT2D eigenvalue weighted by Gasteiger charge is -2.14. The van der Waals surface area contributed by atoms with Crippen molar-refractivity contribution in [1.29, 1.82) is 5.26 Å². The number of nitrogens with zero attached hydrogens (tertiary/aromatic N) is 2. The van der Waals surface area contributed by atoms with Crippen LogP contribution in [0, 0.1) is 11.3 Å². The Morgan fingerprint density at radius 2 is 2.20 bits per heavy atom. The Balaban J connectivity index is 2.17. The van der Waals surface area contributed by atoms with E-state index in [1.54, 1.807) is 12.3 Å². The van der Waals surface area contributed by atoms with E-state index in [4.69, 9.17) is 11.0 Å². The number of nitrogens with two attached hydrogens (primary N) is 1. The molecule has 15 heavy (non-hydrogen) atoms. The molecule has 3 N–H and O–H groups in total. The molecule has 1 aromatic heterocycles. The summed E-state index contributed by atoms with van der Waals surface area (Å²) >= 11 is 0. The summed E-state index contributed by atoms with van der Waals surface area (Å²) in [6.45, 7) is 0. The fraction of sp³-hybridized carbons (Fsp3) is 0.455. The maximum absolute atomic E-state index is 8.82. The molecule has 0 radical (unpaired) electrons. The highest BCUT2D eigenvalue weighted by atomic mass is 15.0. The molecule has 1 saturated carbocycles. The second-order valence-corrected chi connectivity index (χ2v) is 3.86. The van der Waals surface area contributed by atoms with Gasteiger partial charge in [-0.25, -0.2) is 4.98 Å². The number of hydrogen-bond donors (Lipinski definition) is 2. The third-order valence-electron chi connectivity index (χ3n) is 2.81. The topological polar surface area (TPSA) is 74.7 Å². The van der Waals surface area contributed by atoms with E-state index in [2.05, 4.69) is 16.4 Å². The molecular weight excluding hydrogens is 188 g/mol. The van der Waals surface area contributed by atoms with E-state index in [0.29, 0.717) is 23.1 Å². The zero-order valence-electron chi connectivity index (χ0n) is 8.53. The zero-order valence-corrected chi connectivity index (χ0v) is 8.53. The van der Waals surface area contributed by atoms with Gasteiger partial charge in [0.25, 0.3) is 0 Å². The highest BCUT2D eigenvalue weighted by Gasteiger charge is 2.16. The van der Waals surface area contributed by atoms with E-state index < -0.39 is 0 Å². The number of pyridine rings is 1. The molecule has 0 saturated heterocycles. The minimum absolute atomic E-state index is 0.465. The summed E-state index contributed by atoms with van der Waals surface area (Å²) < 4.78 is 0. The Hall–Kier alpha value is -1.76. The van der Waals surface area contributed by atoms with Gasteiger partial charge in [0.2, 0.25) is 0 Å². The standard InChI is InChI=1S/C11H14N4/c12-7-8-5-6-14-11(10(8)13)15-9-3-1-2-4-9/h5-6,9H,1-4,13H2,(H,14,15). The molecule has 78 valence electrons. The van der Waals surface area contributed by atoms with E-state index in [1.807, 2.05) is 0 Å². The normalized spacial score (nSPS) is 16.2. The van der Waals surface area contributed by atoms with E-state index in [0.717, 1.165) is 12.8 Å². The molecule has 0 amide bonds. The fourth-order valence-corrected chi connectivity index (χ4v) is 1.95.